The standard InChI is InChI=1S/C17H25BN2O4/c1-16(2)17(3,4)24-18(23-16)12(10-19)8-11-6-7-13(14(20)9-11)15(21)22-5/h6-9H,10,19-20H2,1-5H3. The highest BCUT2D eigenvalue weighted by molar-refractivity contribution is 6.55. The van der Waals surface area contributed by atoms with Crippen molar-refractivity contribution >= 4 is 24.9 Å². The van der Waals surface area contributed by atoms with Crippen molar-refractivity contribution in [1.82, 2.24) is 0 Å². The predicted molar refractivity (Wildman–Crippen MR) is 95.3 cm³/mol. The normalized spacial score (nSPS) is 19.4. The third-order valence-electron chi connectivity index (χ3n) is 4.62. The first-order valence-corrected chi connectivity index (χ1v) is 7.85. The van der Waals surface area contributed by atoms with Crippen molar-refractivity contribution in [3.63, 3.8) is 0 Å². The molecule has 2 rings (SSSR count). The van der Waals surface area contributed by atoms with E-state index in [1.54, 1.807) is 18.2 Å². The van der Waals surface area contributed by atoms with Gasteiger partial charge in [0.2, 0.25) is 0 Å². The summed E-state index contributed by atoms with van der Waals surface area (Å²) >= 11 is 0. The maximum atomic E-state index is 11.6. The summed E-state index contributed by atoms with van der Waals surface area (Å²) in [5, 5.41) is 0. The first kappa shape index (κ1) is 18.5. The van der Waals surface area contributed by atoms with E-state index in [0.717, 1.165) is 11.0 Å². The minimum Gasteiger partial charge on any atom is -0.465 e. The van der Waals surface area contributed by atoms with Gasteiger partial charge in [0, 0.05) is 12.2 Å². The quantitative estimate of drug-likeness (QED) is 0.497. The van der Waals surface area contributed by atoms with Gasteiger partial charge in [0.1, 0.15) is 0 Å². The van der Waals surface area contributed by atoms with Crippen molar-refractivity contribution < 1.29 is 18.8 Å². The molecule has 0 aromatic heterocycles. The zero-order chi connectivity index (χ0) is 18.1. The SMILES string of the molecule is COC(=O)c1ccc(C=C(CN)B2OC(C)(C)C(C)(C)O2)cc1N. The van der Waals surface area contributed by atoms with E-state index in [1.807, 2.05) is 33.8 Å². The van der Waals surface area contributed by atoms with Crippen LogP contribution in [0.1, 0.15) is 43.6 Å². The highest BCUT2D eigenvalue weighted by Crippen LogP contribution is 2.38. The molecule has 7 heteroatoms. The van der Waals surface area contributed by atoms with Gasteiger partial charge in [-0.2, -0.15) is 0 Å². The van der Waals surface area contributed by atoms with Crippen LogP contribution < -0.4 is 11.5 Å². The summed E-state index contributed by atoms with van der Waals surface area (Å²) in [4.78, 5) is 11.6. The molecule has 0 atom stereocenters. The van der Waals surface area contributed by atoms with Gasteiger partial charge in [-0.1, -0.05) is 12.1 Å². The molecule has 1 aliphatic rings. The maximum absolute atomic E-state index is 11.6. The highest BCUT2D eigenvalue weighted by atomic mass is 16.7. The van der Waals surface area contributed by atoms with E-state index < -0.39 is 24.3 Å². The van der Waals surface area contributed by atoms with Crippen LogP contribution in [0, 0.1) is 0 Å². The molecule has 0 unspecified atom stereocenters. The molecule has 1 aliphatic heterocycles. The number of ether oxygens (including phenoxy) is 1. The summed E-state index contributed by atoms with van der Waals surface area (Å²) in [6.45, 7) is 8.25. The van der Waals surface area contributed by atoms with Crippen LogP contribution in [-0.2, 0) is 14.0 Å². The van der Waals surface area contributed by atoms with Crippen LogP contribution in [0.3, 0.4) is 0 Å². The molecule has 130 valence electrons. The fourth-order valence-corrected chi connectivity index (χ4v) is 2.40. The van der Waals surface area contributed by atoms with E-state index in [0.29, 0.717) is 11.3 Å². The number of carbonyl (C=O) groups excluding carboxylic acids is 1. The van der Waals surface area contributed by atoms with Gasteiger partial charge in [0.15, 0.2) is 0 Å². The first-order valence-electron chi connectivity index (χ1n) is 7.85. The van der Waals surface area contributed by atoms with E-state index in [2.05, 4.69) is 0 Å². The van der Waals surface area contributed by atoms with Crippen LogP contribution in [0.15, 0.2) is 23.7 Å². The Labute approximate surface area is 143 Å². The second kappa shape index (κ2) is 6.59. The Balaban J connectivity index is 2.29. The number of carbonyl (C=O) groups is 1. The number of nitrogen functional groups attached to an aromatic ring is 1. The number of rotatable bonds is 4. The van der Waals surface area contributed by atoms with Crippen LogP contribution in [0.5, 0.6) is 0 Å². The molecule has 1 aromatic carbocycles. The van der Waals surface area contributed by atoms with E-state index in [1.165, 1.54) is 7.11 Å². The lowest BCUT2D eigenvalue weighted by molar-refractivity contribution is 0.00578. The van der Waals surface area contributed by atoms with Crippen LogP contribution in [0.4, 0.5) is 5.69 Å². The van der Waals surface area contributed by atoms with Gasteiger partial charge in [-0.25, -0.2) is 4.79 Å². The minimum absolute atomic E-state index is 0.287. The lowest BCUT2D eigenvalue weighted by Gasteiger charge is -2.32. The number of anilines is 1. The second-order valence-electron chi connectivity index (χ2n) is 6.85. The molecule has 1 fully saturated rings. The summed E-state index contributed by atoms with van der Waals surface area (Å²) in [6, 6.07) is 5.11. The first-order chi connectivity index (χ1) is 11.1. The van der Waals surface area contributed by atoms with Crippen molar-refractivity contribution in [3.05, 3.63) is 34.8 Å². The molecule has 24 heavy (non-hydrogen) atoms. The zero-order valence-corrected chi connectivity index (χ0v) is 14.9. The van der Waals surface area contributed by atoms with Gasteiger partial charge >= 0.3 is 13.1 Å². The Kier molecular flexibility index (Phi) is 5.08. The predicted octanol–water partition coefficient (Wildman–Crippen LogP) is 2.03. The molecule has 0 saturated carbocycles. The van der Waals surface area contributed by atoms with E-state index >= 15 is 0 Å². The number of esters is 1. The Morgan fingerprint density at radius 2 is 1.83 bits per heavy atom. The second-order valence-corrected chi connectivity index (χ2v) is 6.85. The average Bonchev–Trinajstić information content (AvgIpc) is 2.72. The molecular weight excluding hydrogens is 307 g/mol. The van der Waals surface area contributed by atoms with Crippen LogP contribution in [0.2, 0.25) is 0 Å². The lowest BCUT2D eigenvalue weighted by atomic mass is 9.77. The fourth-order valence-electron chi connectivity index (χ4n) is 2.40. The van der Waals surface area contributed by atoms with Gasteiger partial charge in [0.05, 0.1) is 23.9 Å². The van der Waals surface area contributed by atoms with Crippen molar-refractivity contribution in [2.45, 2.75) is 38.9 Å². The third kappa shape index (κ3) is 3.48. The molecule has 0 bridgehead atoms. The molecule has 0 amide bonds. The van der Waals surface area contributed by atoms with Crippen molar-refractivity contribution in [1.29, 1.82) is 0 Å². The Bertz CT molecular complexity index is 655. The Hall–Kier alpha value is -1.83. The topological polar surface area (TPSA) is 96.8 Å². The van der Waals surface area contributed by atoms with Gasteiger partial charge < -0.3 is 25.5 Å². The van der Waals surface area contributed by atoms with Gasteiger partial charge in [-0.15, -0.1) is 0 Å². The molecular formula is C17H25BN2O4. The van der Waals surface area contributed by atoms with Gasteiger partial charge in [0.25, 0.3) is 0 Å². The van der Waals surface area contributed by atoms with Crippen LogP contribution >= 0.6 is 0 Å². The fraction of sp³-hybridized carbons (Fsp3) is 0.471. The average molecular weight is 332 g/mol. The largest absolute Gasteiger partial charge is 0.491 e. The monoisotopic (exact) mass is 332 g/mol. The molecule has 0 radical (unpaired) electrons. The smallest absolute Gasteiger partial charge is 0.465 e. The van der Waals surface area contributed by atoms with Crippen molar-refractivity contribution in [2.75, 3.05) is 19.4 Å². The minimum atomic E-state index is -0.512. The zero-order valence-electron chi connectivity index (χ0n) is 14.9. The molecule has 0 spiro atoms. The van der Waals surface area contributed by atoms with Gasteiger partial charge in [-0.05, 0) is 50.9 Å². The van der Waals surface area contributed by atoms with Crippen LogP contribution in [0.25, 0.3) is 6.08 Å². The molecule has 1 aromatic rings. The number of nitrogens with two attached hydrogens (primary N) is 2. The van der Waals surface area contributed by atoms with E-state index in [4.69, 9.17) is 25.5 Å². The molecule has 1 saturated heterocycles. The maximum Gasteiger partial charge on any atom is 0.491 e. The number of hydrogen-bond acceptors (Lipinski definition) is 6. The Morgan fingerprint density at radius 1 is 1.25 bits per heavy atom. The molecule has 6 nitrogen and oxygen atoms in total. The number of benzene rings is 1. The number of hydrogen-bond donors (Lipinski definition) is 2. The summed E-state index contributed by atoms with van der Waals surface area (Å²) in [7, 11) is 0.807. The van der Waals surface area contributed by atoms with Gasteiger partial charge in [-0.3, -0.25) is 0 Å². The summed E-state index contributed by atoms with van der Waals surface area (Å²) < 4.78 is 16.7. The van der Waals surface area contributed by atoms with Crippen LogP contribution in [-0.4, -0.2) is 37.9 Å². The van der Waals surface area contributed by atoms with E-state index in [9.17, 15) is 4.79 Å². The highest BCUT2D eigenvalue weighted by Gasteiger charge is 2.52. The molecule has 4 N–H and O–H groups in total. The number of methoxy groups -OCH3 is 1. The summed E-state index contributed by atoms with van der Waals surface area (Å²) in [6.07, 6.45) is 1.87. The van der Waals surface area contributed by atoms with Crippen molar-refractivity contribution in [2.24, 2.45) is 5.73 Å². The third-order valence-corrected chi connectivity index (χ3v) is 4.62. The van der Waals surface area contributed by atoms with Crippen molar-refractivity contribution in [3.8, 4) is 0 Å². The molecule has 1 heterocycles. The molecule has 0 aliphatic carbocycles. The Morgan fingerprint density at radius 3 is 2.29 bits per heavy atom. The summed E-state index contributed by atoms with van der Waals surface area (Å²) in [5.41, 5.74) is 13.3. The summed E-state index contributed by atoms with van der Waals surface area (Å²) in [5.74, 6) is -0.465. The van der Waals surface area contributed by atoms with E-state index in [-0.39, 0.29) is 6.54 Å². The lowest BCUT2D eigenvalue weighted by Crippen LogP contribution is -2.41.